The summed E-state index contributed by atoms with van der Waals surface area (Å²) < 4.78 is 10.3. The summed E-state index contributed by atoms with van der Waals surface area (Å²) in [5.41, 5.74) is 3.10. The zero-order chi connectivity index (χ0) is 34.0. The Morgan fingerprint density at radius 2 is 1.67 bits per heavy atom. The lowest BCUT2D eigenvalue weighted by atomic mass is 9.95. The number of thioether (sulfide) groups is 1. The summed E-state index contributed by atoms with van der Waals surface area (Å²) in [6.07, 6.45) is 5.86. The lowest BCUT2D eigenvalue weighted by molar-refractivity contribution is -0.116. The molecule has 48 heavy (non-hydrogen) atoms. The van der Waals surface area contributed by atoms with E-state index in [1.54, 1.807) is 79.9 Å². The molecular formula is C37H37N3O6S2. The molecule has 4 aromatic rings. The van der Waals surface area contributed by atoms with E-state index in [9.17, 15) is 19.2 Å². The standard InChI is InChI=1S/C37H37N3O6S2/c1-4-30(35(43)40-36-32(37(44)46-3)28-15-8-9-16-31(28)48-36)47-27-14-10-13-25(22-27)38-34(42)29(21-23-17-19-26(45-2)20-18-23)39-33(41)24-11-6-5-7-12-24/h5-7,10-14,17-22,30H,4,8-9,15-16H2,1-3H3,(H,38,42)(H,39,41)(H,40,43)/b29-21+. The van der Waals surface area contributed by atoms with Crippen LogP contribution in [-0.4, -0.2) is 43.2 Å². The third kappa shape index (κ3) is 8.53. The van der Waals surface area contributed by atoms with Crippen LogP contribution in [-0.2, 0) is 27.2 Å². The highest BCUT2D eigenvalue weighted by Crippen LogP contribution is 2.39. The minimum absolute atomic E-state index is 0.0537. The average Bonchev–Trinajstić information content (AvgIpc) is 3.48. The second kappa shape index (κ2) is 16.3. The number of nitrogens with one attached hydrogen (secondary N) is 3. The number of aryl methyl sites for hydroxylation is 1. The first-order chi connectivity index (χ1) is 23.3. The third-order valence-electron chi connectivity index (χ3n) is 7.79. The van der Waals surface area contributed by atoms with Crippen LogP contribution in [0.4, 0.5) is 10.7 Å². The monoisotopic (exact) mass is 683 g/mol. The third-order valence-corrected chi connectivity index (χ3v) is 10.4. The Kier molecular flexibility index (Phi) is 11.7. The van der Waals surface area contributed by atoms with Crippen LogP contribution >= 0.6 is 23.1 Å². The fraction of sp³-hybridized carbons (Fsp3) is 0.243. The molecule has 248 valence electrons. The van der Waals surface area contributed by atoms with E-state index in [0.717, 1.165) is 41.0 Å². The zero-order valence-corrected chi connectivity index (χ0v) is 28.6. The summed E-state index contributed by atoms with van der Waals surface area (Å²) in [6.45, 7) is 1.93. The second-order valence-corrected chi connectivity index (χ2v) is 13.4. The van der Waals surface area contributed by atoms with Crippen molar-refractivity contribution in [3.63, 3.8) is 0 Å². The van der Waals surface area contributed by atoms with Crippen molar-refractivity contribution in [2.75, 3.05) is 24.9 Å². The molecule has 1 atom stereocenters. The molecule has 1 aliphatic carbocycles. The smallest absolute Gasteiger partial charge is 0.341 e. The summed E-state index contributed by atoms with van der Waals surface area (Å²) >= 11 is 2.82. The number of carbonyl (C=O) groups is 4. The van der Waals surface area contributed by atoms with Gasteiger partial charge in [-0.25, -0.2) is 4.79 Å². The number of methoxy groups -OCH3 is 2. The largest absolute Gasteiger partial charge is 0.497 e. The maximum absolute atomic E-state index is 13.6. The van der Waals surface area contributed by atoms with E-state index in [2.05, 4.69) is 16.0 Å². The number of fused-ring (bicyclic) bond motifs is 1. The summed E-state index contributed by atoms with van der Waals surface area (Å²) in [6, 6.07) is 22.9. The van der Waals surface area contributed by atoms with Crippen molar-refractivity contribution < 1.29 is 28.7 Å². The maximum atomic E-state index is 13.6. The number of hydrogen-bond acceptors (Lipinski definition) is 8. The van der Waals surface area contributed by atoms with E-state index in [-0.39, 0.29) is 11.6 Å². The minimum atomic E-state index is -0.515. The zero-order valence-electron chi connectivity index (χ0n) is 27.0. The molecule has 1 heterocycles. The van der Waals surface area contributed by atoms with Gasteiger partial charge in [-0.15, -0.1) is 23.1 Å². The molecule has 3 amide bonds. The van der Waals surface area contributed by atoms with Crippen LogP contribution in [0.25, 0.3) is 6.08 Å². The van der Waals surface area contributed by atoms with Gasteiger partial charge in [0.1, 0.15) is 16.4 Å². The lowest BCUT2D eigenvalue weighted by Crippen LogP contribution is -2.30. The first-order valence-electron chi connectivity index (χ1n) is 15.6. The van der Waals surface area contributed by atoms with Crippen molar-refractivity contribution in [3.05, 3.63) is 112 Å². The Labute approximate surface area is 288 Å². The predicted molar refractivity (Wildman–Crippen MR) is 191 cm³/mol. The number of amides is 3. The van der Waals surface area contributed by atoms with E-state index in [1.807, 2.05) is 19.1 Å². The van der Waals surface area contributed by atoms with Gasteiger partial charge in [-0.05, 0) is 91.8 Å². The summed E-state index contributed by atoms with van der Waals surface area (Å²) in [5.74, 6) is -0.922. The van der Waals surface area contributed by atoms with Crippen molar-refractivity contribution in [1.29, 1.82) is 0 Å². The van der Waals surface area contributed by atoms with E-state index in [1.165, 1.54) is 30.2 Å². The summed E-state index contributed by atoms with van der Waals surface area (Å²) in [7, 11) is 2.92. The van der Waals surface area contributed by atoms with Gasteiger partial charge in [0.2, 0.25) is 5.91 Å². The Balaban J connectivity index is 1.31. The Hall–Kier alpha value is -4.87. The second-order valence-electron chi connectivity index (χ2n) is 11.0. The fourth-order valence-corrected chi connectivity index (χ4v) is 7.60. The molecule has 5 rings (SSSR count). The number of ether oxygens (including phenoxy) is 2. The van der Waals surface area contributed by atoms with Gasteiger partial charge in [-0.3, -0.25) is 14.4 Å². The molecular weight excluding hydrogens is 647 g/mol. The van der Waals surface area contributed by atoms with Crippen LogP contribution in [0.3, 0.4) is 0 Å². The Bertz CT molecular complexity index is 1820. The molecule has 1 aliphatic rings. The highest BCUT2D eigenvalue weighted by atomic mass is 32.2. The van der Waals surface area contributed by atoms with Gasteiger partial charge < -0.3 is 25.4 Å². The number of thiophene rings is 1. The van der Waals surface area contributed by atoms with Crippen LogP contribution in [0.1, 0.15) is 62.9 Å². The Morgan fingerprint density at radius 1 is 0.917 bits per heavy atom. The fourth-order valence-electron chi connectivity index (χ4n) is 5.31. The quantitative estimate of drug-likeness (QED) is 0.0811. The molecule has 0 saturated carbocycles. The van der Waals surface area contributed by atoms with Crippen molar-refractivity contribution in [2.45, 2.75) is 49.2 Å². The molecule has 3 aromatic carbocycles. The molecule has 9 nitrogen and oxygen atoms in total. The first-order valence-corrected chi connectivity index (χ1v) is 17.3. The van der Waals surface area contributed by atoms with Crippen molar-refractivity contribution in [3.8, 4) is 5.75 Å². The predicted octanol–water partition coefficient (Wildman–Crippen LogP) is 7.34. The molecule has 1 unspecified atom stereocenters. The van der Waals surface area contributed by atoms with Crippen LogP contribution in [0.2, 0.25) is 0 Å². The van der Waals surface area contributed by atoms with Gasteiger partial charge >= 0.3 is 5.97 Å². The number of carbonyl (C=O) groups excluding carboxylic acids is 4. The van der Waals surface area contributed by atoms with Gasteiger partial charge in [-0.2, -0.15) is 0 Å². The van der Waals surface area contributed by atoms with Gasteiger partial charge in [0.05, 0.1) is 25.0 Å². The number of benzene rings is 3. The van der Waals surface area contributed by atoms with E-state index in [0.29, 0.717) is 39.5 Å². The number of esters is 1. The molecule has 0 saturated heterocycles. The molecule has 0 spiro atoms. The minimum Gasteiger partial charge on any atom is -0.497 e. The summed E-state index contributed by atoms with van der Waals surface area (Å²) in [4.78, 5) is 54.7. The lowest BCUT2D eigenvalue weighted by Gasteiger charge is -2.16. The van der Waals surface area contributed by atoms with E-state index >= 15 is 0 Å². The molecule has 0 bridgehead atoms. The topological polar surface area (TPSA) is 123 Å². The average molecular weight is 684 g/mol. The van der Waals surface area contributed by atoms with Gasteiger partial charge in [0.25, 0.3) is 11.8 Å². The number of hydrogen-bond donors (Lipinski definition) is 3. The van der Waals surface area contributed by atoms with Crippen LogP contribution in [0.15, 0.2) is 89.5 Å². The van der Waals surface area contributed by atoms with Crippen LogP contribution in [0, 0.1) is 0 Å². The van der Waals surface area contributed by atoms with Crippen molar-refractivity contribution in [1.82, 2.24) is 5.32 Å². The Morgan fingerprint density at radius 3 is 2.38 bits per heavy atom. The van der Waals surface area contributed by atoms with Gasteiger partial charge in [0.15, 0.2) is 0 Å². The molecule has 0 aliphatic heterocycles. The van der Waals surface area contributed by atoms with Crippen LogP contribution < -0.4 is 20.7 Å². The molecule has 0 fully saturated rings. The molecule has 3 N–H and O–H groups in total. The van der Waals surface area contributed by atoms with Crippen molar-refractivity contribution >= 4 is 63.6 Å². The highest BCUT2D eigenvalue weighted by molar-refractivity contribution is 8.00. The van der Waals surface area contributed by atoms with Crippen LogP contribution in [0.5, 0.6) is 5.75 Å². The number of anilines is 2. The molecule has 0 radical (unpaired) electrons. The first kappa shape index (κ1) is 34.5. The molecule has 11 heteroatoms. The van der Waals surface area contributed by atoms with Gasteiger partial charge in [-0.1, -0.05) is 43.3 Å². The normalized spacial score (nSPS) is 13.1. The molecule has 1 aromatic heterocycles. The van der Waals surface area contributed by atoms with Gasteiger partial charge in [0, 0.05) is 21.0 Å². The number of rotatable bonds is 12. The SMILES string of the molecule is CCC(Sc1cccc(NC(=O)/C(=C\c2ccc(OC)cc2)NC(=O)c2ccccc2)c1)C(=O)Nc1sc2c(c1C(=O)OC)CCCC2. The van der Waals surface area contributed by atoms with E-state index < -0.39 is 23.0 Å². The van der Waals surface area contributed by atoms with Crippen molar-refractivity contribution in [2.24, 2.45) is 0 Å². The van der Waals surface area contributed by atoms with E-state index in [4.69, 9.17) is 9.47 Å². The summed E-state index contributed by atoms with van der Waals surface area (Å²) in [5, 5.41) is 8.72. The highest BCUT2D eigenvalue weighted by Gasteiger charge is 2.28. The maximum Gasteiger partial charge on any atom is 0.341 e.